The van der Waals surface area contributed by atoms with E-state index in [4.69, 9.17) is 0 Å². The van der Waals surface area contributed by atoms with Gasteiger partial charge >= 0.3 is 0 Å². The van der Waals surface area contributed by atoms with Crippen molar-refractivity contribution in [2.75, 3.05) is 0 Å². The van der Waals surface area contributed by atoms with Crippen molar-refractivity contribution in [1.29, 1.82) is 0 Å². The molecule has 0 spiro atoms. The van der Waals surface area contributed by atoms with Crippen LogP contribution in [0.2, 0.25) is 0 Å². The maximum Gasteiger partial charge on any atom is 0.282 e. The number of benzene rings is 1. The minimum absolute atomic E-state index is 0.0990. The summed E-state index contributed by atoms with van der Waals surface area (Å²) in [6.07, 6.45) is -0.760. The Balaban J connectivity index is 1.37. The molecule has 1 aliphatic rings. The molecule has 2 heterocycles. The van der Waals surface area contributed by atoms with E-state index < -0.39 is 6.43 Å². The number of rotatable bonds is 7. The van der Waals surface area contributed by atoms with E-state index in [9.17, 15) is 13.6 Å². The van der Waals surface area contributed by atoms with Crippen LogP contribution in [0.15, 0.2) is 36.4 Å². The number of hydrogen-bond donors (Lipinski definition) is 2. The van der Waals surface area contributed by atoms with Crippen molar-refractivity contribution in [2.45, 2.75) is 38.3 Å². The lowest BCUT2D eigenvalue weighted by Gasteiger charge is -2.07. The summed E-state index contributed by atoms with van der Waals surface area (Å²) >= 11 is 0. The number of hydrogen-bond acceptors (Lipinski definition) is 4. The Bertz CT molecular complexity index is 932. The first-order valence-electron chi connectivity index (χ1n) is 8.69. The van der Waals surface area contributed by atoms with Crippen molar-refractivity contribution in [1.82, 2.24) is 30.3 Å². The number of amides is 1. The quantitative estimate of drug-likeness (QED) is 0.667. The van der Waals surface area contributed by atoms with Gasteiger partial charge in [0.05, 0.1) is 6.54 Å². The number of halogens is 2. The molecular formula is C18H18F2N6O. The summed E-state index contributed by atoms with van der Waals surface area (Å²) in [5.74, 6) is 0.960. The molecule has 4 rings (SSSR count). The van der Waals surface area contributed by atoms with Crippen molar-refractivity contribution in [2.24, 2.45) is 0 Å². The van der Waals surface area contributed by atoms with Crippen LogP contribution in [-0.4, -0.2) is 30.9 Å². The van der Waals surface area contributed by atoms with Crippen LogP contribution in [-0.2, 0) is 17.9 Å². The first-order valence-corrected chi connectivity index (χ1v) is 8.69. The van der Waals surface area contributed by atoms with Gasteiger partial charge in [-0.1, -0.05) is 30.3 Å². The van der Waals surface area contributed by atoms with Crippen LogP contribution in [0.1, 0.15) is 42.4 Å². The first kappa shape index (κ1) is 17.3. The third-order valence-electron chi connectivity index (χ3n) is 4.36. The highest BCUT2D eigenvalue weighted by molar-refractivity contribution is 5.75. The van der Waals surface area contributed by atoms with E-state index >= 15 is 0 Å². The second-order valence-electron chi connectivity index (χ2n) is 6.48. The summed E-state index contributed by atoms with van der Waals surface area (Å²) in [5, 5.41) is 13.5. The Labute approximate surface area is 153 Å². The van der Waals surface area contributed by atoms with Crippen molar-refractivity contribution < 1.29 is 13.6 Å². The summed E-state index contributed by atoms with van der Waals surface area (Å²) in [7, 11) is 0. The second kappa shape index (κ2) is 7.26. The van der Waals surface area contributed by atoms with Gasteiger partial charge in [0.25, 0.3) is 6.43 Å². The fraction of sp³-hybridized carbons (Fsp3) is 0.333. The monoisotopic (exact) mass is 372 g/mol. The molecular weight excluding hydrogens is 354 g/mol. The zero-order chi connectivity index (χ0) is 18.8. The van der Waals surface area contributed by atoms with Gasteiger partial charge in [0.1, 0.15) is 18.1 Å². The molecule has 140 valence electrons. The lowest BCUT2D eigenvalue weighted by molar-refractivity contribution is -0.122. The van der Waals surface area contributed by atoms with E-state index in [-0.39, 0.29) is 30.6 Å². The first-order chi connectivity index (χ1) is 13.1. The van der Waals surface area contributed by atoms with Crippen LogP contribution in [0.4, 0.5) is 8.78 Å². The minimum Gasteiger partial charge on any atom is -0.347 e. The smallest absolute Gasteiger partial charge is 0.282 e. The van der Waals surface area contributed by atoms with Crippen molar-refractivity contribution >= 4 is 5.91 Å². The molecule has 0 saturated heterocycles. The van der Waals surface area contributed by atoms with Gasteiger partial charge in [-0.2, -0.15) is 10.2 Å². The number of aromatic nitrogens is 5. The molecule has 1 fully saturated rings. The molecule has 7 nitrogen and oxygen atoms in total. The molecule has 9 heteroatoms. The SMILES string of the molecule is O=C(Cn1nc(C(F)F)cc1C1CC1)NCc1nc(-c2ccccc2)n[nH]1. The van der Waals surface area contributed by atoms with E-state index in [0.29, 0.717) is 17.3 Å². The topological polar surface area (TPSA) is 88.5 Å². The lowest BCUT2D eigenvalue weighted by Crippen LogP contribution is -2.28. The Hall–Kier alpha value is -3.10. The van der Waals surface area contributed by atoms with Crippen LogP contribution in [0.5, 0.6) is 0 Å². The van der Waals surface area contributed by atoms with Crippen molar-refractivity contribution in [3.8, 4) is 11.4 Å². The molecule has 2 aromatic heterocycles. The number of carbonyl (C=O) groups excluding carboxylic acids is 1. The zero-order valence-corrected chi connectivity index (χ0v) is 14.4. The molecule has 0 unspecified atom stereocenters. The Morgan fingerprint density at radius 3 is 2.78 bits per heavy atom. The molecule has 0 atom stereocenters. The average Bonchev–Trinajstić information content (AvgIpc) is 3.25. The van der Waals surface area contributed by atoms with Gasteiger partial charge in [-0.3, -0.25) is 14.6 Å². The molecule has 0 aliphatic heterocycles. The summed E-state index contributed by atoms with van der Waals surface area (Å²) in [4.78, 5) is 16.6. The standard InChI is InChI=1S/C18H18F2N6O/c19-17(20)13-8-14(11-6-7-11)26(25-13)10-16(27)21-9-15-22-18(24-23-15)12-4-2-1-3-5-12/h1-5,8,11,17H,6-7,9-10H2,(H,21,27)(H,22,23,24). The van der Waals surface area contributed by atoms with Gasteiger partial charge < -0.3 is 5.32 Å². The lowest BCUT2D eigenvalue weighted by atomic mass is 10.2. The zero-order valence-electron chi connectivity index (χ0n) is 14.4. The van der Waals surface area contributed by atoms with Gasteiger partial charge in [0.15, 0.2) is 5.82 Å². The third kappa shape index (κ3) is 4.02. The summed E-state index contributed by atoms with van der Waals surface area (Å²) < 4.78 is 27.2. The molecule has 0 bridgehead atoms. The highest BCUT2D eigenvalue weighted by atomic mass is 19.3. The Kier molecular flexibility index (Phi) is 4.66. The van der Waals surface area contributed by atoms with Gasteiger partial charge in [-0.15, -0.1) is 0 Å². The highest BCUT2D eigenvalue weighted by Crippen LogP contribution is 2.41. The molecule has 3 aromatic rings. The van der Waals surface area contributed by atoms with Gasteiger partial charge in [-0.25, -0.2) is 13.8 Å². The van der Waals surface area contributed by atoms with Crippen LogP contribution >= 0.6 is 0 Å². The van der Waals surface area contributed by atoms with E-state index in [1.54, 1.807) is 0 Å². The maximum absolute atomic E-state index is 12.9. The fourth-order valence-electron chi connectivity index (χ4n) is 2.86. The molecule has 2 N–H and O–H groups in total. The van der Waals surface area contributed by atoms with Gasteiger partial charge in [-0.05, 0) is 18.9 Å². The number of carbonyl (C=O) groups is 1. The number of nitrogens with one attached hydrogen (secondary N) is 2. The summed E-state index contributed by atoms with van der Waals surface area (Å²) in [6, 6.07) is 10.9. The van der Waals surface area contributed by atoms with Gasteiger partial charge in [0, 0.05) is 17.2 Å². The van der Waals surface area contributed by atoms with E-state index in [0.717, 1.165) is 18.4 Å². The summed E-state index contributed by atoms with van der Waals surface area (Å²) in [6.45, 7) is 0.0681. The Morgan fingerprint density at radius 1 is 1.30 bits per heavy atom. The normalized spacial score (nSPS) is 13.9. The number of nitrogens with zero attached hydrogens (tertiary/aromatic N) is 4. The minimum atomic E-state index is -2.64. The van der Waals surface area contributed by atoms with Crippen molar-refractivity contribution in [3.63, 3.8) is 0 Å². The molecule has 1 amide bonds. The number of aromatic amines is 1. The molecule has 1 aliphatic carbocycles. The number of alkyl halides is 2. The summed E-state index contributed by atoms with van der Waals surface area (Å²) in [5.41, 5.74) is 1.29. The average molecular weight is 372 g/mol. The molecule has 27 heavy (non-hydrogen) atoms. The largest absolute Gasteiger partial charge is 0.347 e. The van der Waals surface area contributed by atoms with Crippen LogP contribution in [0.3, 0.4) is 0 Å². The third-order valence-corrected chi connectivity index (χ3v) is 4.36. The predicted molar refractivity (Wildman–Crippen MR) is 92.8 cm³/mol. The van der Waals surface area contributed by atoms with Gasteiger partial charge in [0.2, 0.25) is 5.91 Å². The highest BCUT2D eigenvalue weighted by Gasteiger charge is 2.30. The van der Waals surface area contributed by atoms with E-state index in [1.165, 1.54) is 10.7 Å². The number of H-pyrrole nitrogens is 1. The van der Waals surface area contributed by atoms with Crippen molar-refractivity contribution in [3.05, 3.63) is 53.6 Å². The predicted octanol–water partition coefficient (Wildman–Crippen LogP) is 2.80. The van der Waals surface area contributed by atoms with Crippen LogP contribution in [0, 0.1) is 0 Å². The molecule has 1 aromatic carbocycles. The van der Waals surface area contributed by atoms with Crippen LogP contribution < -0.4 is 5.32 Å². The van der Waals surface area contributed by atoms with Crippen LogP contribution in [0.25, 0.3) is 11.4 Å². The van der Waals surface area contributed by atoms with E-state index in [1.807, 2.05) is 30.3 Å². The Morgan fingerprint density at radius 2 is 2.07 bits per heavy atom. The molecule has 0 radical (unpaired) electrons. The maximum atomic E-state index is 12.9. The molecule has 1 saturated carbocycles. The fourth-order valence-corrected chi connectivity index (χ4v) is 2.86. The second-order valence-corrected chi connectivity index (χ2v) is 6.48. The van der Waals surface area contributed by atoms with E-state index in [2.05, 4.69) is 25.6 Å².